The number of hydrogen-bond acceptors (Lipinski definition) is 4. The van der Waals surface area contributed by atoms with Crippen molar-refractivity contribution in [3.05, 3.63) is 53.4 Å². The van der Waals surface area contributed by atoms with Gasteiger partial charge < -0.3 is 20.0 Å². The number of aliphatic hydroxyl groups is 1. The van der Waals surface area contributed by atoms with E-state index in [9.17, 15) is 19.6 Å². The Labute approximate surface area is 139 Å². The third-order valence-electron chi connectivity index (χ3n) is 3.73. The molecule has 1 aromatic carbocycles. The first kappa shape index (κ1) is 18.3. The first-order valence-corrected chi connectivity index (χ1v) is 9.14. The van der Waals surface area contributed by atoms with Crippen LogP contribution in [0, 0.1) is 5.92 Å². The average Bonchev–Trinajstić information content (AvgIpc) is 2.45. The van der Waals surface area contributed by atoms with Crippen LogP contribution in [0.3, 0.4) is 0 Å². The molecule has 1 unspecified atom stereocenters. The summed E-state index contributed by atoms with van der Waals surface area (Å²) in [4.78, 5) is 30.1. The lowest BCUT2D eigenvalue weighted by atomic mass is 9.89. The number of nitrogens with one attached hydrogen (secondary N) is 1. The second-order valence-corrected chi connectivity index (χ2v) is 7.00. The number of carbonyl (C=O) groups is 1. The van der Waals surface area contributed by atoms with Gasteiger partial charge in [-0.15, -0.1) is 0 Å². The lowest BCUT2D eigenvalue weighted by Gasteiger charge is -2.23. The lowest BCUT2D eigenvalue weighted by molar-refractivity contribution is -0.117. The van der Waals surface area contributed by atoms with Crippen LogP contribution in [0.5, 0.6) is 5.75 Å². The van der Waals surface area contributed by atoms with E-state index in [0.717, 1.165) is 24.5 Å². The van der Waals surface area contributed by atoms with Crippen LogP contribution >= 0.6 is 7.75 Å². The van der Waals surface area contributed by atoms with Crippen molar-refractivity contribution in [1.82, 2.24) is 5.09 Å². The molecule has 5 N–H and O–H groups in total. The Bertz CT molecular complexity index is 704. The maximum Gasteiger partial charge on any atom is 0.427 e. The summed E-state index contributed by atoms with van der Waals surface area (Å²) in [5, 5.41) is 20.7. The second-order valence-electron chi connectivity index (χ2n) is 5.69. The molecular weight excluding hydrogens is 333 g/mol. The molecule has 0 heterocycles. The molecule has 1 aromatic rings. The summed E-state index contributed by atoms with van der Waals surface area (Å²) in [6.45, 7) is 0. The Hall–Kier alpha value is -2.08. The molecule has 0 fully saturated rings. The number of hydrogen-bond donors (Lipinski definition) is 5. The van der Waals surface area contributed by atoms with E-state index in [1.165, 1.54) is 6.08 Å². The van der Waals surface area contributed by atoms with Gasteiger partial charge in [0.25, 0.3) is 0 Å². The number of phenolic OH excluding ortho intramolecular Hbond substituents is 1. The first-order chi connectivity index (χ1) is 11.2. The monoisotopic (exact) mass is 353 g/mol. The number of ketones is 1. The van der Waals surface area contributed by atoms with Gasteiger partial charge in [-0.2, -0.15) is 0 Å². The molecule has 24 heavy (non-hydrogen) atoms. The van der Waals surface area contributed by atoms with Crippen LogP contribution in [0.1, 0.15) is 24.8 Å². The standard InChI is InChI=1S/C16H20NO6P/c18-12-7-5-11(6-8-12)3-1-2-4-14-15(17-24(21,22)23)9-13(19)10-16(14)20/h5-10,14,18-19H,1-4H2,(H3,17,21,22,23). The van der Waals surface area contributed by atoms with Crippen LogP contribution < -0.4 is 5.09 Å². The third-order valence-corrected chi connectivity index (χ3v) is 4.28. The van der Waals surface area contributed by atoms with Gasteiger partial charge in [0.1, 0.15) is 11.5 Å². The molecule has 2 rings (SSSR count). The summed E-state index contributed by atoms with van der Waals surface area (Å²) in [6.07, 6.45) is 4.88. The zero-order valence-electron chi connectivity index (χ0n) is 12.9. The molecule has 0 spiro atoms. The molecule has 1 atom stereocenters. The molecular formula is C16H20NO6P. The molecule has 0 saturated carbocycles. The zero-order valence-corrected chi connectivity index (χ0v) is 13.8. The van der Waals surface area contributed by atoms with Crippen LogP contribution in [0.4, 0.5) is 0 Å². The molecule has 1 aliphatic carbocycles. The second kappa shape index (κ2) is 7.66. The quantitative estimate of drug-likeness (QED) is 0.376. The number of rotatable bonds is 7. The van der Waals surface area contributed by atoms with E-state index in [1.54, 1.807) is 12.1 Å². The van der Waals surface area contributed by atoms with Gasteiger partial charge in [-0.1, -0.05) is 18.6 Å². The van der Waals surface area contributed by atoms with Gasteiger partial charge in [-0.25, -0.2) is 4.57 Å². The highest BCUT2D eigenvalue weighted by molar-refractivity contribution is 7.49. The molecule has 0 saturated heterocycles. The van der Waals surface area contributed by atoms with Crippen molar-refractivity contribution in [2.75, 3.05) is 0 Å². The normalized spacial score (nSPS) is 18.1. The first-order valence-electron chi connectivity index (χ1n) is 7.52. The van der Waals surface area contributed by atoms with Gasteiger partial charge in [0.05, 0.1) is 5.92 Å². The van der Waals surface area contributed by atoms with Crippen molar-refractivity contribution in [1.29, 1.82) is 0 Å². The van der Waals surface area contributed by atoms with Gasteiger partial charge in [0.2, 0.25) is 0 Å². The molecule has 0 aliphatic heterocycles. The van der Waals surface area contributed by atoms with Crippen molar-refractivity contribution < 1.29 is 29.4 Å². The molecule has 8 heteroatoms. The van der Waals surface area contributed by atoms with E-state index >= 15 is 0 Å². The fraction of sp³-hybridized carbons (Fsp3) is 0.312. The number of allylic oxidation sites excluding steroid dienone is 3. The Balaban J connectivity index is 1.91. The number of benzene rings is 1. The van der Waals surface area contributed by atoms with Crippen molar-refractivity contribution in [2.45, 2.75) is 25.7 Å². The van der Waals surface area contributed by atoms with Gasteiger partial charge in [0, 0.05) is 17.8 Å². The Morgan fingerprint density at radius 1 is 1.04 bits per heavy atom. The fourth-order valence-electron chi connectivity index (χ4n) is 2.62. The number of carbonyl (C=O) groups excluding carboxylic acids is 1. The molecule has 1 aliphatic rings. The highest BCUT2D eigenvalue weighted by Gasteiger charge is 2.29. The predicted octanol–water partition coefficient (Wildman–Crippen LogP) is 2.31. The maximum absolute atomic E-state index is 12.0. The van der Waals surface area contributed by atoms with Crippen molar-refractivity contribution in [2.24, 2.45) is 5.92 Å². The van der Waals surface area contributed by atoms with Crippen LogP contribution in [-0.4, -0.2) is 25.8 Å². The van der Waals surface area contributed by atoms with E-state index in [1.807, 2.05) is 17.2 Å². The van der Waals surface area contributed by atoms with Crippen LogP contribution in [0.15, 0.2) is 47.9 Å². The number of aryl methyl sites for hydroxylation is 1. The van der Waals surface area contributed by atoms with E-state index in [-0.39, 0.29) is 23.0 Å². The van der Waals surface area contributed by atoms with Gasteiger partial charge in [0.15, 0.2) is 5.78 Å². The predicted molar refractivity (Wildman–Crippen MR) is 88.1 cm³/mol. The summed E-state index contributed by atoms with van der Waals surface area (Å²) in [5.74, 6) is -1.20. The van der Waals surface area contributed by atoms with Crippen LogP contribution in [0.25, 0.3) is 0 Å². The molecule has 7 nitrogen and oxygen atoms in total. The van der Waals surface area contributed by atoms with Crippen molar-refractivity contribution >= 4 is 13.5 Å². The van der Waals surface area contributed by atoms with E-state index in [4.69, 9.17) is 9.79 Å². The summed E-state index contributed by atoms with van der Waals surface area (Å²) in [5.41, 5.74) is 1.10. The molecule has 0 aromatic heterocycles. The fourth-order valence-corrected chi connectivity index (χ4v) is 3.17. The molecule has 0 amide bonds. The van der Waals surface area contributed by atoms with Crippen LogP contribution in [0.2, 0.25) is 0 Å². The minimum atomic E-state index is -4.55. The summed E-state index contributed by atoms with van der Waals surface area (Å²) < 4.78 is 11.1. The molecule has 130 valence electrons. The lowest BCUT2D eigenvalue weighted by Crippen LogP contribution is -2.26. The van der Waals surface area contributed by atoms with Crippen LogP contribution in [-0.2, 0) is 15.8 Å². The number of phenols is 1. The maximum atomic E-state index is 12.0. The summed E-state index contributed by atoms with van der Waals surface area (Å²) in [7, 11) is -4.55. The summed E-state index contributed by atoms with van der Waals surface area (Å²) >= 11 is 0. The average molecular weight is 353 g/mol. The van der Waals surface area contributed by atoms with Gasteiger partial charge >= 0.3 is 7.75 Å². The summed E-state index contributed by atoms with van der Waals surface area (Å²) in [6, 6.07) is 6.86. The molecule has 0 bridgehead atoms. The van der Waals surface area contributed by atoms with Crippen molar-refractivity contribution in [3.8, 4) is 5.75 Å². The highest BCUT2D eigenvalue weighted by atomic mass is 31.2. The number of unbranched alkanes of at least 4 members (excludes halogenated alkanes) is 1. The van der Waals surface area contributed by atoms with E-state index < -0.39 is 13.7 Å². The SMILES string of the molecule is O=C1C=C(O)C=C(NP(=O)(O)O)C1CCCCc1ccc(O)cc1. The van der Waals surface area contributed by atoms with Crippen molar-refractivity contribution in [3.63, 3.8) is 0 Å². The van der Waals surface area contributed by atoms with Gasteiger partial charge in [-0.3, -0.25) is 9.88 Å². The van der Waals surface area contributed by atoms with E-state index in [2.05, 4.69) is 0 Å². The topological polar surface area (TPSA) is 127 Å². The Kier molecular flexibility index (Phi) is 5.83. The minimum absolute atomic E-state index is 0.0398. The Morgan fingerprint density at radius 3 is 2.33 bits per heavy atom. The Morgan fingerprint density at radius 2 is 1.71 bits per heavy atom. The van der Waals surface area contributed by atoms with E-state index in [0.29, 0.717) is 12.8 Å². The minimum Gasteiger partial charge on any atom is -0.508 e. The number of aromatic hydroxyl groups is 1. The zero-order chi connectivity index (χ0) is 17.7. The van der Waals surface area contributed by atoms with Gasteiger partial charge in [-0.05, 0) is 37.0 Å². The number of aliphatic hydroxyl groups excluding tert-OH is 1. The largest absolute Gasteiger partial charge is 0.508 e. The smallest absolute Gasteiger partial charge is 0.427 e. The molecule has 0 radical (unpaired) electrons. The highest BCUT2D eigenvalue weighted by Crippen LogP contribution is 2.35. The third kappa shape index (κ3) is 5.53.